The molecule has 1 aliphatic heterocycles. The molecule has 39 heavy (non-hydrogen) atoms. The molecule has 1 saturated carbocycles. The summed E-state index contributed by atoms with van der Waals surface area (Å²) in [6, 6.07) is 14.2. The van der Waals surface area contributed by atoms with Crippen molar-refractivity contribution in [1.82, 2.24) is 20.7 Å². The number of carbonyl (C=O) groups excluding carboxylic acids is 2. The molecule has 2 aromatic carbocycles. The Morgan fingerprint density at radius 3 is 2.51 bits per heavy atom. The largest absolute Gasteiger partial charge is 0.390 e. The van der Waals surface area contributed by atoms with Gasteiger partial charge < -0.3 is 20.3 Å². The molecule has 1 aromatic heterocycles. The fraction of sp³-hybridized carbons (Fsp3) is 0.414. The molecule has 2 fully saturated rings. The molecule has 5 rings (SSSR count). The third kappa shape index (κ3) is 6.34. The first-order valence-electron chi connectivity index (χ1n) is 13.1. The predicted molar refractivity (Wildman–Crippen MR) is 139 cm³/mol. The van der Waals surface area contributed by atoms with Crippen LogP contribution in [-0.4, -0.2) is 57.2 Å². The lowest BCUT2D eigenvalue weighted by Crippen LogP contribution is -2.73. The summed E-state index contributed by atoms with van der Waals surface area (Å²) < 4.78 is 32.7. The van der Waals surface area contributed by atoms with E-state index in [9.17, 15) is 23.5 Å². The Balaban J connectivity index is 1.27. The van der Waals surface area contributed by atoms with Crippen LogP contribution in [0.5, 0.6) is 0 Å². The van der Waals surface area contributed by atoms with E-state index in [1.807, 2.05) is 37.3 Å². The molecule has 0 unspecified atom stereocenters. The van der Waals surface area contributed by atoms with Crippen molar-refractivity contribution >= 4 is 11.8 Å². The number of rotatable bonds is 8. The lowest BCUT2D eigenvalue weighted by molar-refractivity contribution is -0.125. The highest BCUT2D eigenvalue weighted by molar-refractivity contribution is 5.94. The van der Waals surface area contributed by atoms with Gasteiger partial charge >= 0.3 is 0 Å². The number of hydrogen-bond acceptors (Lipinski definition) is 6. The zero-order chi connectivity index (χ0) is 27.6. The molecule has 0 radical (unpaired) electrons. The van der Waals surface area contributed by atoms with Crippen molar-refractivity contribution in [3.05, 3.63) is 77.5 Å². The van der Waals surface area contributed by atoms with Crippen molar-refractivity contribution in [2.45, 2.75) is 62.8 Å². The van der Waals surface area contributed by atoms with E-state index in [-0.39, 0.29) is 35.4 Å². The van der Waals surface area contributed by atoms with Crippen LogP contribution in [-0.2, 0) is 11.3 Å². The first kappa shape index (κ1) is 27.0. The molecule has 2 aliphatic rings. The molecule has 0 atom stereocenters. The molecule has 3 N–H and O–H groups in total. The van der Waals surface area contributed by atoms with Crippen molar-refractivity contribution in [3.63, 3.8) is 0 Å². The van der Waals surface area contributed by atoms with Crippen molar-refractivity contribution in [2.75, 3.05) is 13.1 Å². The quantitative estimate of drug-likeness (QED) is 0.403. The number of nitrogens with zero attached hydrogens (tertiary/aromatic N) is 2. The average molecular weight is 539 g/mol. The van der Waals surface area contributed by atoms with Crippen LogP contribution >= 0.6 is 0 Å². The average Bonchev–Trinajstić information content (AvgIpc) is 3.37. The van der Waals surface area contributed by atoms with E-state index in [4.69, 9.17) is 4.52 Å². The molecule has 1 saturated heterocycles. The van der Waals surface area contributed by atoms with Gasteiger partial charge in [0.2, 0.25) is 5.91 Å². The highest BCUT2D eigenvalue weighted by Gasteiger charge is 2.49. The van der Waals surface area contributed by atoms with Crippen molar-refractivity contribution in [1.29, 1.82) is 0 Å². The minimum absolute atomic E-state index is 0.00296. The van der Waals surface area contributed by atoms with Crippen LogP contribution < -0.4 is 10.6 Å². The van der Waals surface area contributed by atoms with Gasteiger partial charge in [0.05, 0.1) is 23.1 Å². The molecule has 2 amide bonds. The number of hydrogen-bond donors (Lipinski definition) is 3. The zero-order valence-electron chi connectivity index (χ0n) is 21.8. The van der Waals surface area contributed by atoms with Crippen LogP contribution in [0.3, 0.4) is 0 Å². The molecule has 8 nitrogen and oxygen atoms in total. The Morgan fingerprint density at radius 2 is 1.82 bits per heavy atom. The third-order valence-corrected chi connectivity index (χ3v) is 7.71. The number of likely N-dealkylation sites (tertiary alicyclic amines) is 1. The van der Waals surface area contributed by atoms with Crippen molar-refractivity contribution in [2.24, 2.45) is 0 Å². The van der Waals surface area contributed by atoms with Gasteiger partial charge in [0, 0.05) is 37.8 Å². The number of benzene rings is 2. The van der Waals surface area contributed by atoms with Crippen LogP contribution in [0.4, 0.5) is 8.78 Å². The summed E-state index contributed by atoms with van der Waals surface area (Å²) in [5.74, 6) is -2.30. The summed E-state index contributed by atoms with van der Waals surface area (Å²) in [5.41, 5.74) is -0.584. The van der Waals surface area contributed by atoms with Gasteiger partial charge in [-0.15, -0.1) is 0 Å². The van der Waals surface area contributed by atoms with E-state index in [0.29, 0.717) is 32.5 Å². The number of amides is 2. The van der Waals surface area contributed by atoms with Crippen molar-refractivity contribution < 1.29 is 28.0 Å². The predicted octanol–water partition coefficient (Wildman–Crippen LogP) is 3.80. The Labute approximate surface area is 225 Å². The van der Waals surface area contributed by atoms with Gasteiger partial charge in [-0.25, -0.2) is 8.78 Å². The summed E-state index contributed by atoms with van der Waals surface area (Å²) in [6.07, 6.45) is 3.16. The van der Waals surface area contributed by atoms with Crippen LogP contribution in [0.2, 0.25) is 0 Å². The van der Waals surface area contributed by atoms with E-state index in [1.54, 1.807) is 0 Å². The molecule has 0 spiro atoms. The van der Waals surface area contributed by atoms with Gasteiger partial charge in [-0.05, 0) is 50.3 Å². The van der Waals surface area contributed by atoms with Crippen LogP contribution in [0.1, 0.15) is 55.1 Å². The van der Waals surface area contributed by atoms with Crippen LogP contribution in [0.25, 0.3) is 11.3 Å². The SMILES string of the molecule is CC1(O)CCC(N2CC(CC(=O)NCc3ccccc3)(NC(=O)c3cc(-c4ccc(F)cc4F)on3)C2)CC1. The Kier molecular flexibility index (Phi) is 7.51. The summed E-state index contributed by atoms with van der Waals surface area (Å²) in [7, 11) is 0. The van der Waals surface area contributed by atoms with Crippen LogP contribution in [0, 0.1) is 11.6 Å². The van der Waals surface area contributed by atoms with E-state index in [0.717, 1.165) is 30.5 Å². The van der Waals surface area contributed by atoms with Gasteiger partial charge in [-0.1, -0.05) is 35.5 Å². The topological polar surface area (TPSA) is 108 Å². The maximum Gasteiger partial charge on any atom is 0.274 e. The molecule has 0 bridgehead atoms. The van der Waals surface area contributed by atoms with E-state index < -0.39 is 28.7 Å². The molecular formula is C29H32F2N4O4. The number of aliphatic hydroxyl groups is 1. The second-order valence-corrected chi connectivity index (χ2v) is 11.0. The second kappa shape index (κ2) is 10.9. The van der Waals surface area contributed by atoms with Crippen LogP contribution in [0.15, 0.2) is 59.1 Å². The zero-order valence-corrected chi connectivity index (χ0v) is 21.8. The molecule has 3 aromatic rings. The first-order valence-corrected chi connectivity index (χ1v) is 13.1. The lowest BCUT2D eigenvalue weighted by atomic mass is 9.78. The second-order valence-electron chi connectivity index (χ2n) is 11.0. The Bertz CT molecular complexity index is 1330. The highest BCUT2D eigenvalue weighted by atomic mass is 19.1. The summed E-state index contributed by atoms with van der Waals surface area (Å²) >= 11 is 0. The monoisotopic (exact) mass is 538 g/mol. The van der Waals surface area contributed by atoms with E-state index >= 15 is 0 Å². The summed E-state index contributed by atoms with van der Waals surface area (Å²) in [5, 5.41) is 20.0. The minimum atomic E-state index is -0.828. The maximum atomic E-state index is 14.2. The fourth-order valence-electron chi connectivity index (χ4n) is 5.48. The summed E-state index contributed by atoms with van der Waals surface area (Å²) in [6.45, 7) is 3.18. The number of aromatic nitrogens is 1. The molecule has 1 aliphatic carbocycles. The maximum absolute atomic E-state index is 14.2. The fourth-order valence-corrected chi connectivity index (χ4v) is 5.48. The smallest absolute Gasteiger partial charge is 0.274 e. The number of nitrogens with one attached hydrogen (secondary N) is 2. The lowest BCUT2D eigenvalue weighted by Gasteiger charge is -2.54. The van der Waals surface area contributed by atoms with E-state index in [1.165, 1.54) is 12.1 Å². The van der Waals surface area contributed by atoms with Gasteiger partial charge in [-0.3, -0.25) is 14.5 Å². The molecule has 206 valence electrons. The minimum Gasteiger partial charge on any atom is -0.390 e. The number of halogens is 2. The van der Waals surface area contributed by atoms with Gasteiger partial charge in [0.1, 0.15) is 11.6 Å². The Morgan fingerprint density at radius 1 is 1.10 bits per heavy atom. The molecule has 2 heterocycles. The molecule has 10 heteroatoms. The van der Waals surface area contributed by atoms with Gasteiger partial charge in [0.15, 0.2) is 11.5 Å². The van der Waals surface area contributed by atoms with Crippen molar-refractivity contribution in [3.8, 4) is 11.3 Å². The third-order valence-electron chi connectivity index (χ3n) is 7.71. The Hall–Kier alpha value is -3.63. The summed E-state index contributed by atoms with van der Waals surface area (Å²) in [4.78, 5) is 28.4. The number of carbonyl (C=O) groups is 2. The first-order chi connectivity index (χ1) is 18.6. The van der Waals surface area contributed by atoms with Gasteiger partial charge in [0.25, 0.3) is 5.91 Å². The highest BCUT2D eigenvalue weighted by Crippen LogP contribution is 2.36. The van der Waals surface area contributed by atoms with E-state index in [2.05, 4.69) is 20.7 Å². The molecular weight excluding hydrogens is 506 g/mol. The standard InChI is InChI=1S/C29H32F2N4O4/c1-28(38)11-9-21(10-12-28)35-17-29(18-35,15-26(36)32-16-19-5-3-2-4-6-19)33-27(37)24-14-25(39-34-24)22-8-7-20(30)13-23(22)31/h2-8,13-14,21,38H,9-12,15-18H2,1H3,(H,32,36)(H,33,37). The normalized spacial score (nSPS) is 22.6. The van der Waals surface area contributed by atoms with Gasteiger partial charge in [-0.2, -0.15) is 0 Å².